The van der Waals surface area contributed by atoms with Crippen LogP contribution in [0, 0.1) is 11.3 Å². The second kappa shape index (κ2) is 3.72. The Hall–Kier alpha value is -2.67. The van der Waals surface area contributed by atoms with E-state index in [1.807, 2.05) is 24.3 Å². The lowest BCUT2D eigenvalue weighted by molar-refractivity contribution is 1.12. The molecule has 1 aromatic carbocycles. The topological polar surface area (TPSA) is 65.4 Å². The SMILES string of the molecule is N#Cc1ccc2[nH]nc(-c3ccncc3)c2c1. The lowest BCUT2D eigenvalue weighted by atomic mass is 10.1. The molecule has 0 aliphatic rings. The van der Waals surface area contributed by atoms with Crippen LogP contribution in [0.5, 0.6) is 0 Å². The number of aromatic nitrogens is 3. The molecule has 2 heterocycles. The van der Waals surface area contributed by atoms with Crippen molar-refractivity contribution >= 4 is 10.9 Å². The highest BCUT2D eigenvalue weighted by Crippen LogP contribution is 2.26. The Bertz CT molecular complexity index is 707. The smallest absolute Gasteiger partial charge is 0.100 e. The minimum Gasteiger partial charge on any atom is -0.277 e. The van der Waals surface area contributed by atoms with Gasteiger partial charge < -0.3 is 0 Å². The Morgan fingerprint density at radius 3 is 2.71 bits per heavy atom. The molecule has 17 heavy (non-hydrogen) atoms. The summed E-state index contributed by atoms with van der Waals surface area (Å²) in [4.78, 5) is 3.98. The Balaban J connectivity index is 2.28. The van der Waals surface area contributed by atoms with Crippen LogP contribution in [0.25, 0.3) is 22.2 Å². The monoisotopic (exact) mass is 220 g/mol. The number of benzene rings is 1. The van der Waals surface area contributed by atoms with Crippen molar-refractivity contribution in [2.75, 3.05) is 0 Å². The molecule has 4 nitrogen and oxygen atoms in total. The third-order valence-corrected chi connectivity index (χ3v) is 2.65. The summed E-state index contributed by atoms with van der Waals surface area (Å²) in [6, 6.07) is 11.4. The molecular formula is C13H8N4. The molecule has 0 fully saturated rings. The number of H-pyrrole nitrogens is 1. The number of nitrogens with one attached hydrogen (secondary N) is 1. The Morgan fingerprint density at radius 1 is 1.12 bits per heavy atom. The van der Waals surface area contributed by atoms with Crippen molar-refractivity contribution in [2.45, 2.75) is 0 Å². The summed E-state index contributed by atoms with van der Waals surface area (Å²) in [6.07, 6.45) is 3.45. The van der Waals surface area contributed by atoms with Crippen molar-refractivity contribution in [1.82, 2.24) is 15.2 Å². The first-order valence-electron chi connectivity index (χ1n) is 5.17. The van der Waals surface area contributed by atoms with E-state index in [-0.39, 0.29) is 0 Å². The highest BCUT2D eigenvalue weighted by atomic mass is 15.1. The lowest BCUT2D eigenvalue weighted by Crippen LogP contribution is -1.80. The number of fused-ring (bicyclic) bond motifs is 1. The van der Waals surface area contributed by atoms with Crippen molar-refractivity contribution < 1.29 is 0 Å². The normalized spacial score (nSPS) is 10.3. The Morgan fingerprint density at radius 2 is 1.94 bits per heavy atom. The van der Waals surface area contributed by atoms with E-state index in [4.69, 9.17) is 5.26 Å². The first kappa shape index (κ1) is 9.55. The maximum Gasteiger partial charge on any atom is 0.100 e. The molecule has 0 aliphatic heterocycles. The molecule has 0 unspecified atom stereocenters. The molecule has 2 aromatic heterocycles. The molecule has 0 bridgehead atoms. The fourth-order valence-corrected chi connectivity index (χ4v) is 1.81. The van der Waals surface area contributed by atoms with E-state index in [9.17, 15) is 0 Å². The maximum atomic E-state index is 8.91. The summed E-state index contributed by atoms with van der Waals surface area (Å²) in [5, 5.41) is 17.1. The molecule has 3 rings (SSSR count). The number of nitrogens with zero attached hydrogens (tertiary/aromatic N) is 3. The number of pyridine rings is 1. The van der Waals surface area contributed by atoms with Crippen LogP contribution in [0.3, 0.4) is 0 Å². The van der Waals surface area contributed by atoms with Gasteiger partial charge in [0.15, 0.2) is 0 Å². The summed E-state index contributed by atoms with van der Waals surface area (Å²) >= 11 is 0. The zero-order valence-electron chi connectivity index (χ0n) is 8.88. The third-order valence-electron chi connectivity index (χ3n) is 2.65. The van der Waals surface area contributed by atoms with Gasteiger partial charge in [0.1, 0.15) is 5.69 Å². The first-order chi connectivity index (χ1) is 8.38. The van der Waals surface area contributed by atoms with Crippen LogP contribution in [-0.2, 0) is 0 Å². The second-order valence-corrected chi connectivity index (χ2v) is 3.68. The minimum atomic E-state index is 0.634. The van der Waals surface area contributed by atoms with Crippen LogP contribution in [0.2, 0.25) is 0 Å². The van der Waals surface area contributed by atoms with E-state index in [0.717, 1.165) is 22.2 Å². The molecule has 1 N–H and O–H groups in total. The van der Waals surface area contributed by atoms with Crippen LogP contribution in [-0.4, -0.2) is 15.2 Å². The highest BCUT2D eigenvalue weighted by molar-refractivity contribution is 5.93. The lowest BCUT2D eigenvalue weighted by Gasteiger charge is -1.96. The summed E-state index contributed by atoms with van der Waals surface area (Å²) in [5.41, 5.74) is 3.39. The predicted octanol–water partition coefficient (Wildman–Crippen LogP) is 2.50. The number of aromatic amines is 1. The van der Waals surface area contributed by atoms with E-state index in [1.54, 1.807) is 18.5 Å². The molecule has 0 saturated carbocycles. The van der Waals surface area contributed by atoms with Crippen molar-refractivity contribution in [3.63, 3.8) is 0 Å². The van der Waals surface area contributed by atoms with Crippen molar-refractivity contribution in [3.05, 3.63) is 48.3 Å². The molecule has 0 aliphatic carbocycles. The quantitative estimate of drug-likeness (QED) is 0.685. The van der Waals surface area contributed by atoms with E-state index >= 15 is 0 Å². The summed E-state index contributed by atoms with van der Waals surface area (Å²) in [6.45, 7) is 0. The van der Waals surface area contributed by atoms with Crippen LogP contribution in [0.4, 0.5) is 0 Å². The van der Waals surface area contributed by atoms with Gasteiger partial charge in [-0.05, 0) is 30.3 Å². The van der Waals surface area contributed by atoms with Gasteiger partial charge in [-0.15, -0.1) is 0 Å². The first-order valence-corrected chi connectivity index (χ1v) is 5.17. The van der Waals surface area contributed by atoms with Gasteiger partial charge in [0, 0.05) is 23.3 Å². The fraction of sp³-hybridized carbons (Fsp3) is 0. The van der Waals surface area contributed by atoms with Crippen molar-refractivity contribution in [3.8, 4) is 17.3 Å². The molecule has 80 valence electrons. The number of rotatable bonds is 1. The van der Waals surface area contributed by atoms with Gasteiger partial charge in [0.2, 0.25) is 0 Å². The Labute approximate surface area is 97.5 Å². The van der Waals surface area contributed by atoms with E-state index in [1.165, 1.54) is 0 Å². The fourth-order valence-electron chi connectivity index (χ4n) is 1.81. The van der Waals surface area contributed by atoms with Crippen LogP contribution in [0.15, 0.2) is 42.7 Å². The van der Waals surface area contributed by atoms with Gasteiger partial charge in [0.25, 0.3) is 0 Å². The minimum absolute atomic E-state index is 0.634. The van der Waals surface area contributed by atoms with E-state index in [0.29, 0.717) is 5.56 Å². The van der Waals surface area contributed by atoms with Gasteiger partial charge >= 0.3 is 0 Å². The van der Waals surface area contributed by atoms with Crippen LogP contribution in [0.1, 0.15) is 5.56 Å². The molecule has 4 heteroatoms. The summed E-state index contributed by atoms with van der Waals surface area (Å²) in [5.74, 6) is 0. The highest BCUT2D eigenvalue weighted by Gasteiger charge is 2.08. The van der Waals surface area contributed by atoms with Gasteiger partial charge in [-0.2, -0.15) is 10.4 Å². The molecule has 0 spiro atoms. The summed E-state index contributed by atoms with van der Waals surface area (Å²) in [7, 11) is 0. The average Bonchev–Trinajstić information content (AvgIpc) is 2.82. The van der Waals surface area contributed by atoms with Gasteiger partial charge in [-0.3, -0.25) is 10.1 Å². The predicted molar refractivity (Wildman–Crippen MR) is 64.0 cm³/mol. The molecular weight excluding hydrogens is 212 g/mol. The third kappa shape index (κ3) is 1.54. The standard InChI is InChI=1S/C13H8N4/c14-8-9-1-2-12-11(7-9)13(17-16-12)10-3-5-15-6-4-10/h1-7H,(H,16,17). The van der Waals surface area contributed by atoms with Crippen molar-refractivity contribution in [2.24, 2.45) is 0 Å². The largest absolute Gasteiger partial charge is 0.277 e. The van der Waals surface area contributed by atoms with Gasteiger partial charge in [0.05, 0.1) is 17.1 Å². The molecule has 0 saturated heterocycles. The molecule has 0 radical (unpaired) electrons. The molecule has 0 atom stereocenters. The second-order valence-electron chi connectivity index (χ2n) is 3.68. The van der Waals surface area contributed by atoms with Gasteiger partial charge in [-0.1, -0.05) is 0 Å². The van der Waals surface area contributed by atoms with Crippen LogP contribution < -0.4 is 0 Å². The van der Waals surface area contributed by atoms with E-state index < -0.39 is 0 Å². The number of hydrogen-bond donors (Lipinski definition) is 1. The molecule has 0 amide bonds. The maximum absolute atomic E-state index is 8.91. The molecule has 3 aromatic rings. The summed E-state index contributed by atoms with van der Waals surface area (Å²) < 4.78 is 0. The van der Waals surface area contributed by atoms with Crippen molar-refractivity contribution in [1.29, 1.82) is 5.26 Å². The zero-order valence-corrected chi connectivity index (χ0v) is 8.88. The average molecular weight is 220 g/mol. The van der Waals surface area contributed by atoms with Gasteiger partial charge in [-0.25, -0.2) is 0 Å². The Kier molecular flexibility index (Phi) is 2.09. The van der Waals surface area contributed by atoms with E-state index in [2.05, 4.69) is 21.3 Å². The number of nitriles is 1. The zero-order chi connectivity index (χ0) is 11.7. The number of hydrogen-bond acceptors (Lipinski definition) is 3. The van der Waals surface area contributed by atoms with Crippen LogP contribution >= 0.6 is 0 Å².